The van der Waals surface area contributed by atoms with E-state index in [1.165, 1.54) is 17.0 Å². The number of halogens is 3. The van der Waals surface area contributed by atoms with Gasteiger partial charge < -0.3 is 24.7 Å². The van der Waals surface area contributed by atoms with Crippen LogP contribution in [-0.4, -0.2) is 24.4 Å². The van der Waals surface area contributed by atoms with Gasteiger partial charge in [0.25, 0.3) is 5.91 Å². The predicted octanol–water partition coefficient (Wildman–Crippen LogP) is 4.78. The summed E-state index contributed by atoms with van der Waals surface area (Å²) in [7, 11) is 2.06. The van der Waals surface area contributed by atoms with E-state index in [4.69, 9.17) is 9.15 Å². The summed E-state index contributed by atoms with van der Waals surface area (Å²) in [6, 6.07) is 8.09. The topological polar surface area (TPSA) is 66.7 Å². The number of fused-ring (bicyclic) bond motifs is 3. The monoisotopic (exact) mass is 463 g/mol. The molecule has 0 saturated carbocycles. The number of hydrogen-bond donors (Lipinski definition) is 2. The summed E-state index contributed by atoms with van der Waals surface area (Å²) in [5.74, 6) is 0.895. The zero-order chi connectivity index (χ0) is 22.5. The minimum absolute atomic E-state index is 0.0349. The van der Waals surface area contributed by atoms with Crippen LogP contribution < -0.4 is 15.4 Å². The summed E-state index contributed by atoms with van der Waals surface area (Å²) in [5.41, 5.74) is 1.06. The van der Waals surface area contributed by atoms with Gasteiger partial charge in [-0.05, 0) is 49.4 Å². The number of ether oxygens (including phenoxy) is 1. The molecule has 0 spiro atoms. The molecule has 0 bridgehead atoms. The van der Waals surface area contributed by atoms with Crippen molar-refractivity contribution in [3.8, 4) is 5.75 Å². The maximum Gasteiger partial charge on any atom is 0.416 e. The Bertz CT molecular complexity index is 1170. The summed E-state index contributed by atoms with van der Waals surface area (Å²) in [6.07, 6.45) is -4.12. The first-order valence-electron chi connectivity index (χ1n) is 10.1. The van der Waals surface area contributed by atoms with Crippen LogP contribution in [0, 0.1) is 0 Å². The van der Waals surface area contributed by atoms with Crippen LogP contribution >= 0.6 is 11.3 Å². The Labute approximate surface area is 186 Å². The minimum atomic E-state index is -4.43. The molecule has 0 unspecified atom stereocenters. The molecule has 3 aromatic rings. The number of anilines is 1. The fourth-order valence-corrected chi connectivity index (χ4v) is 5.28. The highest BCUT2D eigenvalue weighted by atomic mass is 32.1. The molecule has 4 heterocycles. The lowest BCUT2D eigenvalue weighted by Gasteiger charge is -2.26. The van der Waals surface area contributed by atoms with Gasteiger partial charge in [-0.15, -0.1) is 11.3 Å². The van der Waals surface area contributed by atoms with Crippen LogP contribution in [0.3, 0.4) is 0 Å². The molecule has 1 aromatic carbocycles. The summed E-state index contributed by atoms with van der Waals surface area (Å²) < 4.78 is 49.8. The van der Waals surface area contributed by atoms with Gasteiger partial charge in [0, 0.05) is 18.0 Å². The molecule has 168 valence electrons. The first kappa shape index (κ1) is 20.9. The number of likely N-dealkylation sites (N-methyl/N-ethyl adjacent to an activating group) is 1. The smallest absolute Gasteiger partial charge is 0.416 e. The van der Waals surface area contributed by atoms with Gasteiger partial charge in [-0.2, -0.15) is 13.2 Å². The van der Waals surface area contributed by atoms with E-state index in [0.29, 0.717) is 17.1 Å². The second kappa shape index (κ2) is 7.86. The maximum absolute atomic E-state index is 12.9. The van der Waals surface area contributed by atoms with Crippen LogP contribution in [0.15, 0.2) is 40.8 Å². The zero-order valence-corrected chi connectivity index (χ0v) is 17.9. The Morgan fingerprint density at radius 3 is 2.91 bits per heavy atom. The summed E-state index contributed by atoms with van der Waals surface area (Å²) in [5, 5.41) is 7.10. The highest BCUT2D eigenvalue weighted by molar-refractivity contribution is 7.16. The Hall–Kier alpha value is -2.98. The van der Waals surface area contributed by atoms with Crippen molar-refractivity contribution < 1.29 is 27.1 Å². The van der Waals surface area contributed by atoms with Gasteiger partial charge in [-0.1, -0.05) is 6.07 Å². The van der Waals surface area contributed by atoms with E-state index in [1.807, 2.05) is 0 Å². The van der Waals surface area contributed by atoms with E-state index in [2.05, 4.69) is 22.6 Å². The number of amides is 1. The highest BCUT2D eigenvalue weighted by Crippen LogP contribution is 2.40. The largest absolute Gasteiger partial charge is 0.486 e. The number of hydrogen-bond acceptors (Lipinski definition) is 6. The molecule has 6 nitrogen and oxygen atoms in total. The van der Waals surface area contributed by atoms with E-state index in [9.17, 15) is 18.0 Å². The third-order valence-corrected chi connectivity index (χ3v) is 6.68. The summed E-state index contributed by atoms with van der Waals surface area (Å²) in [4.78, 5) is 16.2. The van der Waals surface area contributed by atoms with Crippen LogP contribution in [0.25, 0.3) is 0 Å². The van der Waals surface area contributed by atoms with Crippen molar-refractivity contribution in [2.75, 3.05) is 18.9 Å². The Morgan fingerprint density at radius 2 is 2.09 bits per heavy atom. The van der Waals surface area contributed by atoms with Crippen LogP contribution in [-0.2, 0) is 25.7 Å². The first-order chi connectivity index (χ1) is 15.3. The highest BCUT2D eigenvalue weighted by Gasteiger charge is 2.34. The predicted molar refractivity (Wildman–Crippen MR) is 113 cm³/mol. The number of carbonyl (C=O) groups is 1. The SMILES string of the molecule is CN1CCc2c(sc3c2C(=O)N[C@@H](c2ccc(COc4cccc(C(F)(F)F)c4)o2)N3)C1. The van der Waals surface area contributed by atoms with E-state index in [0.717, 1.165) is 42.2 Å². The average molecular weight is 463 g/mol. The van der Waals surface area contributed by atoms with Crippen molar-refractivity contribution >= 4 is 22.2 Å². The fourth-order valence-electron chi connectivity index (χ4n) is 3.93. The summed E-state index contributed by atoms with van der Waals surface area (Å²) in [6.45, 7) is 1.71. The second-order valence-electron chi connectivity index (χ2n) is 7.86. The molecule has 1 amide bonds. The molecular weight excluding hydrogens is 443 g/mol. The van der Waals surface area contributed by atoms with Crippen LogP contribution in [0.5, 0.6) is 5.75 Å². The molecule has 0 aliphatic carbocycles. The number of benzene rings is 1. The zero-order valence-electron chi connectivity index (χ0n) is 17.1. The average Bonchev–Trinajstić information content (AvgIpc) is 3.36. The van der Waals surface area contributed by atoms with E-state index in [1.54, 1.807) is 23.5 Å². The molecule has 0 fully saturated rings. The molecule has 2 N–H and O–H groups in total. The molecule has 10 heteroatoms. The number of rotatable bonds is 4. The van der Waals surface area contributed by atoms with Gasteiger partial charge >= 0.3 is 6.18 Å². The number of furan rings is 1. The van der Waals surface area contributed by atoms with E-state index >= 15 is 0 Å². The molecule has 0 radical (unpaired) electrons. The van der Waals surface area contributed by atoms with Crippen molar-refractivity contribution in [3.05, 3.63) is 69.5 Å². The minimum Gasteiger partial charge on any atom is -0.486 e. The normalized spacial score (nSPS) is 18.5. The number of nitrogens with zero attached hydrogens (tertiary/aromatic N) is 1. The van der Waals surface area contributed by atoms with Gasteiger partial charge in [0.05, 0.1) is 11.1 Å². The second-order valence-corrected chi connectivity index (χ2v) is 8.97. The molecule has 5 rings (SSSR count). The van der Waals surface area contributed by atoms with Crippen molar-refractivity contribution in [1.29, 1.82) is 0 Å². The van der Waals surface area contributed by atoms with Crippen LogP contribution in [0.4, 0.5) is 18.2 Å². The number of nitrogens with one attached hydrogen (secondary N) is 2. The van der Waals surface area contributed by atoms with Gasteiger partial charge in [0.2, 0.25) is 0 Å². The lowest BCUT2D eigenvalue weighted by molar-refractivity contribution is -0.137. The summed E-state index contributed by atoms with van der Waals surface area (Å²) >= 11 is 1.59. The molecule has 2 aliphatic rings. The molecule has 1 atom stereocenters. The number of thiophene rings is 1. The molecule has 32 heavy (non-hydrogen) atoms. The number of alkyl halides is 3. The Morgan fingerprint density at radius 1 is 1.25 bits per heavy atom. The molecule has 0 saturated heterocycles. The first-order valence-corrected chi connectivity index (χ1v) is 10.9. The van der Waals surface area contributed by atoms with E-state index < -0.39 is 17.9 Å². The van der Waals surface area contributed by atoms with Crippen LogP contribution in [0.2, 0.25) is 0 Å². The van der Waals surface area contributed by atoms with Crippen LogP contribution in [0.1, 0.15) is 44.0 Å². The lowest BCUT2D eigenvalue weighted by atomic mass is 10.0. The quantitative estimate of drug-likeness (QED) is 0.583. The van der Waals surface area contributed by atoms with Gasteiger partial charge in [0.15, 0.2) is 6.17 Å². The van der Waals surface area contributed by atoms with E-state index in [-0.39, 0.29) is 18.3 Å². The van der Waals surface area contributed by atoms with Gasteiger partial charge in [-0.25, -0.2) is 0 Å². The van der Waals surface area contributed by atoms with Crippen molar-refractivity contribution in [1.82, 2.24) is 10.2 Å². The Balaban J connectivity index is 1.28. The van der Waals surface area contributed by atoms with Crippen molar-refractivity contribution in [3.63, 3.8) is 0 Å². The van der Waals surface area contributed by atoms with Gasteiger partial charge in [0.1, 0.15) is 28.9 Å². The van der Waals surface area contributed by atoms with Gasteiger partial charge in [-0.3, -0.25) is 4.79 Å². The molecular formula is C22H20F3N3O3S. The number of carbonyl (C=O) groups excluding carboxylic acids is 1. The third kappa shape index (κ3) is 3.95. The Kier molecular flexibility index (Phi) is 5.13. The van der Waals surface area contributed by atoms with Crippen molar-refractivity contribution in [2.24, 2.45) is 0 Å². The van der Waals surface area contributed by atoms with Crippen molar-refractivity contribution in [2.45, 2.75) is 31.9 Å². The lowest BCUT2D eigenvalue weighted by Crippen LogP contribution is -2.38. The molecule has 2 aliphatic heterocycles. The third-order valence-electron chi connectivity index (χ3n) is 5.54. The fraction of sp³-hybridized carbons (Fsp3) is 0.318. The maximum atomic E-state index is 12.9. The standard InChI is InChI=1S/C22H20F3N3O3S/c1-28-8-7-15-17(10-28)32-21-18(15)20(29)26-19(27-21)16-6-5-14(31-16)11-30-13-4-2-3-12(9-13)22(23,24)25/h2-6,9,19,27H,7-8,10-11H2,1H3,(H,26,29)/t19-/m1/s1. The molecule has 2 aromatic heterocycles.